The van der Waals surface area contributed by atoms with Gasteiger partial charge in [0.1, 0.15) is 5.65 Å². The Morgan fingerprint density at radius 1 is 1.09 bits per heavy atom. The molecule has 3 heteroatoms. The quantitative estimate of drug-likeness (QED) is 0.371. The first-order chi connectivity index (χ1) is 16.0. The molecule has 0 aliphatic rings. The molecule has 0 atom stereocenters. The molecule has 3 aromatic rings. The van der Waals surface area contributed by atoms with Gasteiger partial charge in [-0.15, -0.1) is 0 Å². The number of hydrogen-bond acceptors (Lipinski definition) is 2. The van der Waals surface area contributed by atoms with Crippen LogP contribution in [0, 0.1) is 6.92 Å². The number of pyridine rings is 1. The van der Waals surface area contributed by atoms with Crippen LogP contribution in [0.2, 0.25) is 0 Å². The van der Waals surface area contributed by atoms with Crippen LogP contribution in [0.1, 0.15) is 82.3 Å². The van der Waals surface area contributed by atoms with Crippen LogP contribution in [-0.4, -0.2) is 16.4 Å². The van der Waals surface area contributed by atoms with E-state index in [-0.39, 0.29) is 0 Å². The van der Waals surface area contributed by atoms with Crippen LogP contribution in [-0.2, 0) is 6.42 Å². The Kier molecular flexibility index (Phi) is 12.6. The maximum atomic E-state index is 4.71. The zero-order valence-corrected chi connectivity index (χ0v) is 22.0. The van der Waals surface area contributed by atoms with Gasteiger partial charge in [-0.2, -0.15) is 0 Å². The molecule has 0 aliphatic heterocycles. The topological polar surface area (TPSA) is 29.3 Å². The van der Waals surface area contributed by atoms with Gasteiger partial charge in [0, 0.05) is 25.4 Å². The van der Waals surface area contributed by atoms with E-state index >= 15 is 0 Å². The highest BCUT2D eigenvalue weighted by Crippen LogP contribution is 2.24. The van der Waals surface area contributed by atoms with Gasteiger partial charge < -0.3 is 5.32 Å². The predicted molar refractivity (Wildman–Crippen MR) is 148 cm³/mol. The normalized spacial score (nSPS) is 11.3. The number of nitrogens with one attached hydrogen (secondary N) is 1. The molecule has 0 saturated heterocycles. The highest BCUT2D eigenvalue weighted by atomic mass is 15.0. The number of aryl methyl sites for hydroxylation is 1. The van der Waals surface area contributed by atoms with E-state index in [1.807, 2.05) is 40.1 Å². The Labute approximate surface area is 202 Å². The molecule has 0 fully saturated rings. The van der Waals surface area contributed by atoms with Crippen LogP contribution < -0.4 is 5.32 Å². The number of imidazole rings is 1. The second-order valence-electron chi connectivity index (χ2n) is 7.72. The molecule has 3 rings (SSSR count). The summed E-state index contributed by atoms with van der Waals surface area (Å²) in [6.07, 6.45) is 13.6. The lowest BCUT2D eigenvalue weighted by Crippen LogP contribution is -2.03. The maximum absolute atomic E-state index is 4.71. The summed E-state index contributed by atoms with van der Waals surface area (Å²) in [6.45, 7) is 18.6. The number of fused-ring (bicyclic) bond motifs is 1. The van der Waals surface area contributed by atoms with Crippen molar-refractivity contribution in [3.8, 4) is 0 Å². The van der Waals surface area contributed by atoms with Crippen molar-refractivity contribution in [3.63, 3.8) is 0 Å². The van der Waals surface area contributed by atoms with Gasteiger partial charge in [-0.05, 0) is 60.7 Å². The minimum atomic E-state index is 0.838. The van der Waals surface area contributed by atoms with E-state index in [2.05, 4.69) is 92.7 Å². The Balaban J connectivity index is 0.000000820. The number of hydrogen-bond donors (Lipinski definition) is 1. The molecule has 178 valence electrons. The monoisotopic (exact) mass is 445 g/mol. The molecule has 1 aromatic carbocycles. The molecule has 2 heterocycles. The second-order valence-corrected chi connectivity index (χ2v) is 7.72. The van der Waals surface area contributed by atoms with E-state index in [0.717, 1.165) is 29.0 Å². The third-order valence-corrected chi connectivity index (χ3v) is 5.49. The third-order valence-electron chi connectivity index (χ3n) is 5.49. The molecular formula is C30H43N3. The Morgan fingerprint density at radius 3 is 2.33 bits per heavy atom. The van der Waals surface area contributed by atoms with E-state index < -0.39 is 0 Å². The smallest absolute Gasteiger partial charge is 0.140 e. The maximum Gasteiger partial charge on any atom is 0.140 e. The zero-order chi connectivity index (χ0) is 24.8. The van der Waals surface area contributed by atoms with E-state index in [9.17, 15) is 0 Å². The van der Waals surface area contributed by atoms with Crippen molar-refractivity contribution in [3.05, 3.63) is 95.1 Å². The van der Waals surface area contributed by atoms with Crippen molar-refractivity contribution < 1.29 is 0 Å². The number of nitrogens with zero attached hydrogens (tertiary/aromatic N) is 2. The first-order valence-corrected chi connectivity index (χ1v) is 12.2. The SMILES string of the molecule is C=C/C(=C\C)c1cnc2c(Cc3cccc(C)c3/C=C(/C)NC)cccn12.CC.CCCC. The number of allylic oxidation sites excluding steroid dienone is 4. The van der Waals surface area contributed by atoms with Gasteiger partial charge in [-0.1, -0.05) is 83.5 Å². The van der Waals surface area contributed by atoms with Crippen molar-refractivity contribution in [1.82, 2.24) is 14.7 Å². The molecule has 1 N–H and O–H groups in total. The number of benzene rings is 1. The second kappa shape index (κ2) is 14.9. The van der Waals surface area contributed by atoms with Gasteiger partial charge in [-0.25, -0.2) is 4.98 Å². The van der Waals surface area contributed by atoms with Gasteiger partial charge in [0.05, 0.1) is 11.9 Å². The summed E-state index contributed by atoms with van der Waals surface area (Å²) in [7, 11) is 1.95. The van der Waals surface area contributed by atoms with Crippen molar-refractivity contribution >= 4 is 17.3 Å². The molecule has 0 spiro atoms. The number of rotatable bonds is 7. The van der Waals surface area contributed by atoms with Gasteiger partial charge in [0.2, 0.25) is 0 Å². The summed E-state index contributed by atoms with van der Waals surface area (Å²) in [5.74, 6) is 0. The standard InChI is InChI=1S/C24H27N3.C4H10.C2H6/c1-6-19(7-2)23-16-26-24-21(12-9-13-27(23)24)15-20-11-8-10-17(3)22(20)14-18(4)25-5;1-3-4-2;1-2/h6-14,16,25H,1,15H2,2-5H3;3-4H2,1-2H3;1-2H3/b18-14-,19-7+;;. The van der Waals surface area contributed by atoms with Crippen molar-refractivity contribution in [2.45, 2.75) is 67.7 Å². The first-order valence-electron chi connectivity index (χ1n) is 12.2. The first kappa shape index (κ1) is 28.0. The molecule has 3 nitrogen and oxygen atoms in total. The van der Waals surface area contributed by atoms with Gasteiger partial charge in [0.15, 0.2) is 0 Å². The van der Waals surface area contributed by atoms with Crippen LogP contribution in [0.5, 0.6) is 0 Å². The van der Waals surface area contributed by atoms with E-state index in [4.69, 9.17) is 4.98 Å². The molecule has 0 aliphatic carbocycles. The Bertz CT molecular complexity index is 1070. The van der Waals surface area contributed by atoms with Gasteiger partial charge in [-0.3, -0.25) is 4.40 Å². The minimum Gasteiger partial charge on any atom is -0.392 e. The highest BCUT2D eigenvalue weighted by Gasteiger charge is 2.11. The summed E-state index contributed by atoms with van der Waals surface area (Å²) in [5, 5.41) is 3.22. The van der Waals surface area contributed by atoms with E-state index in [1.54, 1.807) is 0 Å². The van der Waals surface area contributed by atoms with Crippen LogP contribution in [0.15, 0.2) is 67.2 Å². The lowest BCUT2D eigenvalue weighted by atomic mass is 9.96. The van der Waals surface area contributed by atoms with E-state index in [0.29, 0.717) is 0 Å². The Hall–Kier alpha value is -3.07. The largest absolute Gasteiger partial charge is 0.392 e. The van der Waals surface area contributed by atoms with Crippen LogP contribution in [0.25, 0.3) is 17.3 Å². The van der Waals surface area contributed by atoms with Crippen LogP contribution in [0.4, 0.5) is 0 Å². The predicted octanol–water partition coefficient (Wildman–Crippen LogP) is 8.24. The molecule has 0 radical (unpaired) electrons. The minimum absolute atomic E-state index is 0.838. The number of aromatic nitrogens is 2. The summed E-state index contributed by atoms with van der Waals surface area (Å²) >= 11 is 0. The Morgan fingerprint density at radius 2 is 1.76 bits per heavy atom. The fourth-order valence-corrected chi connectivity index (χ4v) is 3.39. The van der Waals surface area contributed by atoms with Crippen LogP contribution in [0.3, 0.4) is 0 Å². The summed E-state index contributed by atoms with van der Waals surface area (Å²) in [4.78, 5) is 4.71. The average Bonchev–Trinajstić information content (AvgIpc) is 3.28. The molecule has 0 amide bonds. The fourth-order valence-electron chi connectivity index (χ4n) is 3.39. The summed E-state index contributed by atoms with van der Waals surface area (Å²) in [5.41, 5.74) is 9.37. The highest BCUT2D eigenvalue weighted by molar-refractivity contribution is 5.73. The number of unbranched alkanes of at least 4 members (excludes halogenated alkanes) is 1. The van der Waals surface area contributed by atoms with E-state index in [1.165, 1.54) is 35.1 Å². The molecule has 0 saturated carbocycles. The summed E-state index contributed by atoms with van der Waals surface area (Å²) < 4.78 is 2.15. The van der Waals surface area contributed by atoms with Crippen LogP contribution >= 0.6 is 0 Å². The molecule has 2 aromatic heterocycles. The van der Waals surface area contributed by atoms with Gasteiger partial charge in [0.25, 0.3) is 0 Å². The lowest BCUT2D eigenvalue weighted by molar-refractivity contribution is 0.886. The van der Waals surface area contributed by atoms with Gasteiger partial charge >= 0.3 is 0 Å². The van der Waals surface area contributed by atoms with Crippen molar-refractivity contribution in [1.29, 1.82) is 0 Å². The van der Waals surface area contributed by atoms with Crippen molar-refractivity contribution in [2.24, 2.45) is 0 Å². The fraction of sp³-hybridized carbons (Fsp3) is 0.367. The molecule has 0 unspecified atom stereocenters. The van der Waals surface area contributed by atoms with Crippen molar-refractivity contribution in [2.75, 3.05) is 7.05 Å². The molecular weight excluding hydrogens is 402 g/mol. The third kappa shape index (κ3) is 7.49. The molecule has 33 heavy (non-hydrogen) atoms. The average molecular weight is 446 g/mol. The molecule has 0 bridgehead atoms. The summed E-state index contributed by atoms with van der Waals surface area (Å²) in [6, 6.07) is 10.7. The lowest BCUT2D eigenvalue weighted by Gasteiger charge is -2.12. The zero-order valence-electron chi connectivity index (χ0n) is 22.0.